The van der Waals surface area contributed by atoms with Crippen LogP contribution in [0.4, 0.5) is 5.69 Å². The SMILES string of the molecule is CSc1ccc(CN2CCC(N(CCC(C)C)c3ccc(OCc4ccccc4)cc3)CC2)cc1. The van der Waals surface area contributed by atoms with E-state index in [0.717, 1.165) is 31.9 Å². The monoisotopic (exact) mass is 488 g/mol. The molecule has 0 N–H and O–H groups in total. The number of thioether (sulfide) groups is 1. The van der Waals surface area contributed by atoms with Crippen LogP contribution < -0.4 is 9.64 Å². The molecule has 1 saturated heterocycles. The van der Waals surface area contributed by atoms with Crippen molar-refractivity contribution in [3.8, 4) is 5.75 Å². The minimum absolute atomic E-state index is 0.597. The number of anilines is 1. The molecule has 0 aromatic heterocycles. The van der Waals surface area contributed by atoms with Gasteiger partial charge in [-0.1, -0.05) is 56.3 Å². The molecule has 35 heavy (non-hydrogen) atoms. The molecule has 0 amide bonds. The number of ether oxygens (including phenoxy) is 1. The molecular formula is C31H40N2OS. The van der Waals surface area contributed by atoms with Crippen LogP contribution in [-0.2, 0) is 13.2 Å². The van der Waals surface area contributed by atoms with E-state index >= 15 is 0 Å². The maximum absolute atomic E-state index is 6.03. The molecule has 1 fully saturated rings. The van der Waals surface area contributed by atoms with Gasteiger partial charge >= 0.3 is 0 Å². The van der Waals surface area contributed by atoms with E-state index in [-0.39, 0.29) is 0 Å². The van der Waals surface area contributed by atoms with Crippen molar-refractivity contribution in [3.63, 3.8) is 0 Å². The van der Waals surface area contributed by atoms with E-state index in [1.807, 2.05) is 6.07 Å². The molecule has 0 unspecified atom stereocenters. The van der Waals surface area contributed by atoms with Gasteiger partial charge in [0.25, 0.3) is 0 Å². The third-order valence-electron chi connectivity index (χ3n) is 6.93. The highest BCUT2D eigenvalue weighted by Crippen LogP contribution is 2.28. The van der Waals surface area contributed by atoms with Crippen molar-refractivity contribution in [1.29, 1.82) is 0 Å². The first-order chi connectivity index (χ1) is 17.1. The number of benzene rings is 3. The number of rotatable bonds is 11. The van der Waals surface area contributed by atoms with Gasteiger partial charge in [0.15, 0.2) is 0 Å². The van der Waals surface area contributed by atoms with E-state index in [4.69, 9.17) is 4.74 Å². The lowest BCUT2D eigenvalue weighted by atomic mass is 10.00. The molecule has 1 heterocycles. The first kappa shape index (κ1) is 25.7. The Morgan fingerprint density at radius 1 is 0.886 bits per heavy atom. The van der Waals surface area contributed by atoms with Crippen molar-refractivity contribution in [3.05, 3.63) is 90.0 Å². The van der Waals surface area contributed by atoms with Crippen LogP contribution in [0.2, 0.25) is 0 Å². The number of hydrogen-bond donors (Lipinski definition) is 0. The van der Waals surface area contributed by atoms with Gasteiger partial charge in [-0.2, -0.15) is 0 Å². The summed E-state index contributed by atoms with van der Waals surface area (Å²) in [5, 5.41) is 0. The summed E-state index contributed by atoms with van der Waals surface area (Å²) >= 11 is 1.81. The Morgan fingerprint density at radius 2 is 1.57 bits per heavy atom. The summed E-state index contributed by atoms with van der Waals surface area (Å²) in [4.78, 5) is 6.61. The van der Waals surface area contributed by atoms with Crippen LogP contribution >= 0.6 is 11.8 Å². The van der Waals surface area contributed by atoms with Crippen molar-refractivity contribution < 1.29 is 4.74 Å². The van der Waals surface area contributed by atoms with Gasteiger partial charge in [0.2, 0.25) is 0 Å². The van der Waals surface area contributed by atoms with E-state index in [1.54, 1.807) is 11.8 Å². The van der Waals surface area contributed by atoms with Crippen molar-refractivity contribution in [2.45, 2.75) is 57.2 Å². The highest BCUT2D eigenvalue weighted by Gasteiger charge is 2.25. The Bertz CT molecular complexity index is 996. The summed E-state index contributed by atoms with van der Waals surface area (Å²) < 4.78 is 6.03. The van der Waals surface area contributed by atoms with E-state index in [9.17, 15) is 0 Å². The molecule has 1 aliphatic rings. The molecule has 186 valence electrons. The van der Waals surface area contributed by atoms with Crippen LogP contribution in [0.25, 0.3) is 0 Å². The number of hydrogen-bond acceptors (Lipinski definition) is 4. The molecule has 0 atom stereocenters. The van der Waals surface area contributed by atoms with Gasteiger partial charge in [-0.25, -0.2) is 0 Å². The van der Waals surface area contributed by atoms with Gasteiger partial charge in [-0.3, -0.25) is 4.90 Å². The fourth-order valence-corrected chi connectivity index (χ4v) is 5.18. The average Bonchev–Trinajstić information content (AvgIpc) is 2.90. The highest BCUT2D eigenvalue weighted by molar-refractivity contribution is 7.98. The van der Waals surface area contributed by atoms with Crippen molar-refractivity contribution in [1.82, 2.24) is 4.90 Å². The molecule has 0 radical (unpaired) electrons. The van der Waals surface area contributed by atoms with Crippen molar-refractivity contribution in [2.75, 3.05) is 30.8 Å². The van der Waals surface area contributed by atoms with Gasteiger partial charge in [0.05, 0.1) is 0 Å². The Hall–Kier alpha value is -2.43. The van der Waals surface area contributed by atoms with E-state index < -0.39 is 0 Å². The summed E-state index contributed by atoms with van der Waals surface area (Å²) in [6.07, 6.45) is 5.78. The molecule has 4 heteroatoms. The third kappa shape index (κ3) is 7.78. The molecule has 0 saturated carbocycles. The lowest BCUT2D eigenvalue weighted by molar-refractivity contribution is 0.200. The molecule has 3 nitrogen and oxygen atoms in total. The van der Waals surface area contributed by atoms with Crippen LogP contribution in [0, 0.1) is 5.92 Å². The van der Waals surface area contributed by atoms with Crippen LogP contribution in [0.1, 0.15) is 44.2 Å². The van der Waals surface area contributed by atoms with Crippen LogP contribution in [0.5, 0.6) is 5.75 Å². The van der Waals surface area contributed by atoms with Crippen LogP contribution in [-0.4, -0.2) is 36.8 Å². The van der Waals surface area contributed by atoms with E-state index in [1.165, 1.54) is 41.0 Å². The van der Waals surface area contributed by atoms with E-state index in [0.29, 0.717) is 18.6 Å². The Balaban J connectivity index is 1.35. The van der Waals surface area contributed by atoms with Crippen LogP contribution in [0.3, 0.4) is 0 Å². The summed E-state index contributed by atoms with van der Waals surface area (Å²) in [6, 6.07) is 28.8. The fraction of sp³-hybridized carbons (Fsp3) is 0.419. The first-order valence-corrected chi connectivity index (χ1v) is 14.2. The summed E-state index contributed by atoms with van der Waals surface area (Å²) in [5.74, 6) is 1.64. The second kappa shape index (κ2) is 13.0. The quantitative estimate of drug-likeness (QED) is 0.259. The lowest BCUT2D eigenvalue weighted by Gasteiger charge is -2.40. The maximum Gasteiger partial charge on any atom is 0.119 e. The Labute approximate surface area is 216 Å². The zero-order chi connectivity index (χ0) is 24.5. The van der Waals surface area contributed by atoms with Crippen molar-refractivity contribution >= 4 is 17.4 Å². The maximum atomic E-state index is 6.03. The molecule has 4 rings (SSSR count). The summed E-state index contributed by atoms with van der Waals surface area (Å²) in [6.45, 7) is 9.74. The number of nitrogens with zero attached hydrogens (tertiary/aromatic N) is 2. The minimum Gasteiger partial charge on any atom is -0.489 e. The zero-order valence-corrected chi connectivity index (χ0v) is 22.3. The van der Waals surface area contributed by atoms with Gasteiger partial charge in [0, 0.05) is 42.8 Å². The molecule has 0 bridgehead atoms. The second-order valence-corrected chi connectivity index (χ2v) is 10.9. The number of likely N-dealkylation sites (tertiary alicyclic amines) is 1. The summed E-state index contributed by atoms with van der Waals surface area (Å²) in [5.41, 5.74) is 3.94. The Kier molecular flexibility index (Phi) is 9.56. The molecule has 0 spiro atoms. The minimum atomic E-state index is 0.597. The van der Waals surface area contributed by atoms with Crippen LogP contribution in [0.15, 0.2) is 83.8 Å². The smallest absolute Gasteiger partial charge is 0.119 e. The molecule has 1 aliphatic heterocycles. The lowest BCUT2D eigenvalue weighted by Crippen LogP contribution is -2.45. The molecule has 3 aromatic rings. The van der Waals surface area contributed by atoms with E-state index in [2.05, 4.69) is 103 Å². The predicted molar refractivity (Wildman–Crippen MR) is 151 cm³/mol. The first-order valence-electron chi connectivity index (χ1n) is 13.0. The average molecular weight is 489 g/mol. The molecule has 0 aliphatic carbocycles. The topological polar surface area (TPSA) is 15.7 Å². The van der Waals surface area contributed by atoms with Gasteiger partial charge < -0.3 is 9.64 Å². The third-order valence-corrected chi connectivity index (χ3v) is 7.67. The molecule has 3 aromatic carbocycles. The summed E-state index contributed by atoms with van der Waals surface area (Å²) in [7, 11) is 0. The standard InChI is InChI=1S/C31H40N2OS/c1-25(2)17-22-33(28-11-13-30(14-12-28)34-24-27-7-5-4-6-8-27)29-18-20-32(21-19-29)23-26-9-15-31(35-3)16-10-26/h4-16,25,29H,17-24H2,1-3H3. The zero-order valence-electron chi connectivity index (χ0n) is 21.5. The van der Waals surface area contributed by atoms with Gasteiger partial charge in [-0.15, -0.1) is 11.8 Å². The fourth-order valence-electron chi connectivity index (χ4n) is 4.77. The number of piperidine rings is 1. The van der Waals surface area contributed by atoms with Gasteiger partial charge in [0.1, 0.15) is 12.4 Å². The predicted octanol–water partition coefficient (Wildman–Crippen LogP) is 7.50. The van der Waals surface area contributed by atoms with Crippen molar-refractivity contribution in [2.24, 2.45) is 5.92 Å². The largest absolute Gasteiger partial charge is 0.489 e. The highest BCUT2D eigenvalue weighted by atomic mass is 32.2. The normalized spacial score (nSPS) is 14.9. The van der Waals surface area contributed by atoms with Gasteiger partial charge in [-0.05, 0) is 79.0 Å². The molecular weight excluding hydrogens is 448 g/mol. The second-order valence-electron chi connectivity index (χ2n) is 10.00. The Morgan fingerprint density at radius 3 is 2.20 bits per heavy atom.